The van der Waals surface area contributed by atoms with Crippen molar-refractivity contribution in [2.45, 2.75) is 18.6 Å². The number of nitrogens with zero attached hydrogens (tertiary/aromatic N) is 1. The van der Waals surface area contributed by atoms with Gasteiger partial charge in [0.05, 0.1) is 23.8 Å². The summed E-state index contributed by atoms with van der Waals surface area (Å²) in [7, 11) is 1.12. The van der Waals surface area contributed by atoms with E-state index < -0.39 is 10.8 Å². The Labute approximate surface area is 99.3 Å². The molecule has 0 fully saturated rings. The summed E-state index contributed by atoms with van der Waals surface area (Å²) in [4.78, 5) is 4.10. The topological polar surface area (TPSA) is 54.0 Å². The van der Waals surface area contributed by atoms with Gasteiger partial charge in [0.2, 0.25) is 0 Å². The molecule has 0 aromatic carbocycles. The van der Waals surface area contributed by atoms with Crippen LogP contribution in [0.2, 0.25) is 0 Å². The Morgan fingerprint density at radius 1 is 1.44 bits per heavy atom. The first kappa shape index (κ1) is 13.0. The van der Waals surface area contributed by atoms with E-state index in [4.69, 9.17) is 0 Å². The molecule has 1 heterocycles. The fraction of sp³-hybridized carbons (Fsp3) is 0.545. The number of hydrogen-bond acceptors (Lipinski definition) is 4. The third-order valence-corrected chi connectivity index (χ3v) is 3.84. The molecule has 0 spiro atoms. The van der Waals surface area contributed by atoms with E-state index in [9.17, 15) is 4.21 Å². The molecule has 5 heteroatoms. The van der Waals surface area contributed by atoms with Gasteiger partial charge in [0.1, 0.15) is 0 Å². The van der Waals surface area contributed by atoms with Gasteiger partial charge in [0.15, 0.2) is 0 Å². The highest BCUT2D eigenvalue weighted by atomic mass is 32.2. The van der Waals surface area contributed by atoms with Crippen LogP contribution in [0.4, 0.5) is 11.4 Å². The summed E-state index contributed by atoms with van der Waals surface area (Å²) < 4.78 is 11.1. The molecule has 2 N–H and O–H groups in total. The minimum absolute atomic E-state index is 0.230. The lowest BCUT2D eigenvalue weighted by atomic mass is 10.3. The van der Waals surface area contributed by atoms with E-state index in [1.165, 1.54) is 0 Å². The van der Waals surface area contributed by atoms with Crippen molar-refractivity contribution in [3.63, 3.8) is 0 Å². The summed E-state index contributed by atoms with van der Waals surface area (Å²) in [5, 5.41) is 6.53. The number of pyridine rings is 1. The lowest BCUT2D eigenvalue weighted by molar-refractivity contribution is 0.672. The van der Waals surface area contributed by atoms with Crippen molar-refractivity contribution in [1.82, 2.24) is 4.98 Å². The molecule has 0 saturated heterocycles. The van der Waals surface area contributed by atoms with Gasteiger partial charge < -0.3 is 10.6 Å². The van der Waals surface area contributed by atoms with E-state index in [0.717, 1.165) is 24.3 Å². The third kappa shape index (κ3) is 4.18. The molecule has 90 valence electrons. The average molecular weight is 241 g/mol. The first-order valence-corrected chi connectivity index (χ1v) is 6.94. The summed E-state index contributed by atoms with van der Waals surface area (Å²) in [5.74, 6) is 0. The van der Waals surface area contributed by atoms with Crippen LogP contribution < -0.4 is 10.6 Å². The molecule has 0 aliphatic heterocycles. The van der Waals surface area contributed by atoms with Crippen molar-refractivity contribution < 1.29 is 4.21 Å². The molecule has 1 rings (SSSR count). The molecular weight excluding hydrogens is 222 g/mol. The molecule has 0 saturated carbocycles. The largest absolute Gasteiger partial charge is 0.387 e. The van der Waals surface area contributed by atoms with E-state index in [0.29, 0.717) is 0 Å². The van der Waals surface area contributed by atoms with E-state index in [-0.39, 0.29) is 5.25 Å². The monoisotopic (exact) mass is 241 g/mol. The number of rotatable bonds is 6. The van der Waals surface area contributed by atoms with Crippen LogP contribution in [0, 0.1) is 0 Å². The molecule has 16 heavy (non-hydrogen) atoms. The summed E-state index contributed by atoms with van der Waals surface area (Å²) in [5.41, 5.74) is 1.97. The van der Waals surface area contributed by atoms with Gasteiger partial charge in [-0.3, -0.25) is 9.19 Å². The van der Waals surface area contributed by atoms with Crippen LogP contribution in [0.15, 0.2) is 18.5 Å². The molecule has 1 aromatic rings. The molecule has 0 amide bonds. The maximum absolute atomic E-state index is 11.1. The van der Waals surface area contributed by atoms with Crippen molar-refractivity contribution in [1.29, 1.82) is 0 Å². The van der Waals surface area contributed by atoms with Gasteiger partial charge in [-0.1, -0.05) is 6.92 Å². The molecule has 0 aliphatic rings. The Bertz CT molecular complexity index is 357. The van der Waals surface area contributed by atoms with Crippen LogP contribution in [0.25, 0.3) is 0 Å². The maximum atomic E-state index is 11.1. The summed E-state index contributed by atoms with van der Waals surface area (Å²) in [6, 6.07) is 2.00. The molecule has 4 nitrogen and oxygen atoms in total. The summed E-state index contributed by atoms with van der Waals surface area (Å²) in [6.07, 6.45) is 6.20. The second-order valence-corrected chi connectivity index (χ2v) is 5.54. The first-order valence-electron chi connectivity index (χ1n) is 5.32. The minimum atomic E-state index is -0.742. The van der Waals surface area contributed by atoms with Gasteiger partial charge in [0.25, 0.3) is 0 Å². The normalized spacial score (nSPS) is 14.2. The van der Waals surface area contributed by atoms with Crippen molar-refractivity contribution in [3.05, 3.63) is 18.5 Å². The van der Waals surface area contributed by atoms with Crippen molar-refractivity contribution >= 4 is 22.2 Å². The molecular formula is C11H19N3OS. The standard InChI is InChI=1S/C11H19N3OS/c1-9(16(3)15)4-5-14-11-6-10(12-2)7-13-8-11/h6-9,12,14H,4-5H2,1-3H3. The predicted octanol–water partition coefficient (Wildman–Crippen LogP) is 1.69. The van der Waals surface area contributed by atoms with E-state index in [1.807, 2.05) is 20.0 Å². The molecule has 2 atom stereocenters. The minimum Gasteiger partial charge on any atom is -0.387 e. The van der Waals surface area contributed by atoms with Crippen LogP contribution in [-0.2, 0) is 10.8 Å². The van der Waals surface area contributed by atoms with Crippen LogP contribution >= 0.6 is 0 Å². The quantitative estimate of drug-likeness (QED) is 0.796. The lowest BCUT2D eigenvalue weighted by Crippen LogP contribution is -2.14. The fourth-order valence-electron chi connectivity index (χ4n) is 1.26. The van der Waals surface area contributed by atoms with Crippen LogP contribution in [0.1, 0.15) is 13.3 Å². The Hall–Kier alpha value is -1.10. The van der Waals surface area contributed by atoms with Gasteiger partial charge in [0, 0.05) is 35.9 Å². The second-order valence-electron chi connectivity index (χ2n) is 3.74. The van der Waals surface area contributed by atoms with E-state index in [2.05, 4.69) is 15.6 Å². The summed E-state index contributed by atoms with van der Waals surface area (Å²) >= 11 is 0. The van der Waals surface area contributed by atoms with Gasteiger partial charge >= 0.3 is 0 Å². The molecule has 0 aliphatic carbocycles. The van der Waals surface area contributed by atoms with Gasteiger partial charge in [-0.15, -0.1) is 0 Å². The Morgan fingerprint density at radius 2 is 2.12 bits per heavy atom. The second kappa shape index (κ2) is 6.48. The van der Waals surface area contributed by atoms with Crippen molar-refractivity contribution in [2.24, 2.45) is 0 Å². The average Bonchev–Trinajstić information content (AvgIpc) is 2.29. The molecule has 2 unspecified atom stereocenters. The molecule has 0 radical (unpaired) electrons. The van der Waals surface area contributed by atoms with E-state index in [1.54, 1.807) is 18.6 Å². The molecule has 0 bridgehead atoms. The highest BCUT2D eigenvalue weighted by Crippen LogP contribution is 2.12. The molecule has 1 aromatic heterocycles. The Balaban J connectivity index is 2.39. The highest BCUT2D eigenvalue weighted by Gasteiger charge is 2.05. The third-order valence-electron chi connectivity index (χ3n) is 2.47. The van der Waals surface area contributed by atoms with Gasteiger partial charge in [-0.2, -0.15) is 0 Å². The predicted molar refractivity (Wildman–Crippen MR) is 70.4 cm³/mol. The SMILES string of the molecule is CNc1cncc(NCCC(C)S(C)=O)c1. The summed E-state index contributed by atoms with van der Waals surface area (Å²) in [6.45, 7) is 2.82. The fourth-order valence-corrected chi connectivity index (χ4v) is 1.71. The van der Waals surface area contributed by atoms with Gasteiger partial charge in [-0.05, 0) is 12.5 Å². The number of nitrogens with one attached hydrogen (secondary N) is 2. The zero-order valence-corrected chi connectivity index (χ0v) is 10.8. The first-order chi connectivity index (χ1) is 7.63. The number of hydrogen-bond donors (Lipinski definition) is 2. The highest BCUT2D eigenvalue weighted by molar-refractivity contribution is 7.84. The van der Waals surface area contributed by atoms with Crippen molar-refractivity contribution in [2.75, 3.05) is 30.5 Å². The Kier molecular flexibility index (Phi) is 5.25. The van der Waals surface area contributed by atoms with Gasteiger partial charge in [-0.25, -0.2) is 0 Å². The van der Waals surface area contributed by atoms with Crippen LogP contribution in [0.3, 0.4) is 0 Å². The van der Waals surface area contributed by atoms with E-state index >= 15 is 0 Å². The lowest BCUT2D eigenvalue weighted by Gasteiger charge is -2.10. The zero-order chi connectivity index (χ0) is 12.0. The number of aromatic nitrogens is 1. The zero-order valence-electron chi connectivity index (χ0n) is 9.99. The van der Waals surface area contributed by atoms with Crippen LogP contribution in [-0.4, -0.2) is 34.3 Å². The Morgan fingerprint density at radius 3 is 2.75 bits per heavy atom. The number of anilines is 2. The van der Waals surface area contributed by atoms with Crippen LogP contribution in [0.5, 0.6) is 0 Å². The smallest absolute Gasteiger partial charge is 0.0547 e. The van der Waals surface area contributed by atoms with Crippen molar-refractivity contribution in [3.8, 4) is 0 Å². The maximum Gasteiger partial charge on any atom is 0.0547 e.